The first kappa shape index (κ1) is 14.8. The minimum absolute atomic E-state index is 0.0959. The Bertz CT molecular complexity index is 819. The molecule has 0 bridgehead atoms. The Kier molecular flexibility index (Phi) is 3.81. The van der Waals surface area contributed by atoms with Gasteiger partial charge in [-0.25, -0.2) is 0 Å². The fourth-order valence-electron chi connectivity index (χ4n) is 1.64. The summed E-state index contributed by atoms with van der Waals surface area (Å²) in [6.45, 7) is 1.54. The van der Waals surface area contributed by atoms with Gasteiger partial charge >= 0.3 is 0 Å². The monoisotopic (exact) mass is 306 g/mol. The van der Waals surface area contributed by atoms with Crippen molar-refractivity contribution in [2.45, 2.75) is 11.8 Å². The van der Waals surface area contributed by atoms with Crippen molar-refractivity contribution in [1.82, 2.24) is 0 Å². The molecule has 1 aliphatic carbocycles. The molecule has 0 heterocycles. The number of nitro benzene ring substituents is 1. The van der Waals surface area contributed by atoms with Gasteiger partial charge in [-0.3, -0.25) is 14.9 Å². The van der Waals surface area contributed by atoms with Crippen LogP contribution in [-0.4, -0.2) is 24.8 Å². The van der Waals surface area contributed by atoms with Crippen molar-refractivity contribution in [2.75, 3.05) is 0 Å². The van der Waals surface area contributed by atoms with Gasteiger partial charge in [0.05, 0.1) is 15.5 Å². The van der Waals surface area contributed by atoms with E-state index in [2.05, 4.69) is 4.40 Å². The minimum Gasteiger partial charge on any atom is -0.290 e. The second-order valence-electron chi connectivity index (χ2n) is 4.27. The van der Waals surface area contributed by atoms with E-state index in [1.807, 2.05) is 0 Å². The number of ketones is 1. The van der Waals surface area contributed by atoms with Crippen LogP contribution in [0.2, 0.25) is 0 Å². The number of benzene rings is 1. The summed E-state index contributed by atoms with van der Waals surface area (Å²) >= 11 is 0. The highest BCUT2D eigenvalue weighted by atomic mass is 32.2. The summed E-state index contributed by atoms with van der Waals surface area (Å²) < 4.78 is 27.8. The van der Waals surface area contributed by atoms with Crippen LogP contribution in [0, 0.1) is 10.1 Å². The van der Waals surface area contributed by atoms with Crippen LogP contribution in [0.15, 0.2) is 57.4 Å². The average Bonchev–Trinajstić information content (AvgIpc) is 2.43. The van der Waals surface area contributed by atoms with E-state index in [9.17, 15) is 23.3 Å². The van der Waals surface area contributed by atoms with E-state index in [1.54, 1.807) is 6.92 Å². The molecule has 0 unspecified atom stereocenters. The van der Waals surface area contributed by atoms with Crippen molar-refractivity contribution in [1.29, 1.82) is 0 Å². The van der Waals surface area contributed by atoms with Gasteiger partial charge in [0, 0.05) is 12.1 Å². The molecular weight excluding hydrogens is 296 g/mol. The van der Waals surface area contributed by atoms with Gasteiger partial charge in [-0.2, -0.15) is 12.8 Å². The summed E-state index contributed by atoms with van der Waals surface area (Å²) in [5, 5.41) is 10.7. The van der Waals surface area contributed by atoms with Gasteiger partial charge in [0.15, 0.2) is 5.78 Å². The van der Waals surface area contributed by atoms with Crippen LogP contribution in [0.5, 0.6) is 0 Å². The first-order valence-electron chi connectivity index (χ1n) is 5.80. The number of nitrogens with zero attached hydrogens (tertiary/aromatic N) is 2. The molecule has 7 nitrogen and oxygen atoms in total. The van der Waals surface area contributed by atoms with E-state index in [1.165, 1.54) is 36.4 Å². The zero-order valence-electron chi connectivity index (χ0n) is 10.9. The van der Waals surface area contributed by atoms with Crippen molar-refractivity contribution in [3.63, 3.8) is 0 Å². The summed E-state index contributed by atoms with van der Waals surface area (Å²) in [4.78, 5) is 21.0. The molecule has 0 atom stereocenters. The third kappa shape index (κ3) is 3.29. The summed E-state index contributed by atoms with van der Waals surface area (Å²) in [5.41, 5.74) is 0.126. The van der Waals surface area contributed by atoms with E-state index in [-0.39, 0.29) is 22.1 Å². The lowest BCUT2D eigenvalue weighted by Crippen LogP contribution is -2.08. The Hall–Kier alpha value is -2.61. The molecule has 1 aliphatic rings. The number of non-ortho nitro benzene ring substituents is 1. The summed E-state index contributed by atoms with van der Waals surface area (Å²) in [6.07, 6.45) is 3.85. The number of carbonyl (C=O) groups is 1. The fraction of sp³-hybridized carbons (Fsp3) is 0.0769. The van der Waals surface area contributed by atoms with Gasteiger partial charge in [0.25, 0.3) is 15.7 Å². The van der Waals surface area contributed by atoms with Crippen molar-refractivity contribution >= 4 is 27.2 Å². The topological polar surface area (TPSA) is 107 Å². The number of hydrogen-bond acceptors (Lipinski definition) is 5. The van der Waals surface area contributed by atoms with Gasteiger partial charge in [-0.15, -0.1) is 0 Å². The summed E-state index contributed by atoms with van der Waals surface area (Å²) in [5.74, 6) is -0.221. The maximum atomic E-state index is 12.1. The van der Waals surface area contributed by atoms with Crippen molar-refractivity contribution < 1.29 is 18.1 Å². The number of allylic oxidation sites excluding steroid dienone is 4. The standard InChI is InChI=1S/C13H10N2O5S/c1-9-7-10(5-6-13(9)16)14-21(19,20)12-4-2-3-11(8-12)15(17)18/h2-8H,1H3. The molecule has 2 rings (SSSR count). The maximum Gasteiger partial charge on any atom is 0.283 e. The molecule has 0 aromatic heterocycles. The molecule has 0 saturated carbocycles. The van der Waals surface area contributed by atoms with Crippen LogP contribution in [-0.2, 0) is 14.8 Å². The summed E-state index contributed by atoms with van der Waals surface area (Å²) in [7, 11) is -4.08. The highest BCUT2D eigenvalue weighted by Crippen LogP contribution is 2.20. The Morgan fingerprint density at radius 3 is 2.57 bits per heavy atom. The Labute approximate surface area is 120 Å². The minimum atomic E-state index is -4.08. The molecule has 108 valence electrons. The summed E-state index contributed by atoms with van der Waals surface area (Å²) in [6, 6.07) is 4.62. The Balaban J connectivity index is 2.44. The van der Waals surface area contributed by atoms with Gasteiger partial charge in [0.2, 0.25) is 0 Å². The van der Waals surface area contributed by atoms with Gasteiger partial charge in [0.1, 0.15) is 0 Å². The lowest BCUT2D eigenvalue weighted by molar-refractivity contribution is -0.385. The average molecular weight is 306 g/mol. The van der Waals surface area contributed by atoms with E-state index in [0.717, 1.165) is 6.07 Å². The highest BCUT2D eigenvalue weighted by Gasteiger charge is 2.18. The molecule has 0 spiro atoms. The van der Waals surface area contributed by atoms with Crippen molar-refractivity contribution in [2.24, 2.45) is 4.40 Å². The molecule has 21 heavy (non-hydrogen) atoms. The first-order chi connectivity index (χ1) is 9.79. The third-order valence-corrected chi connectivity index (χ3v) is 4.01. The molecule has 1 aromatic rings. The number of nitro groups is 1. The molecule has 0 radical (unpaired) electrons. The predicted molar refractivity (Wildman–Crippen MR) is 75.6 cm³/mol. The quantitative estimate of drug-likeness (QED) is 0.481. The second kappa shape index (κ2) is 5.41. The SMILES string of the molecule is CC1=CC(=NS(=O)(=O)c2cccc([N+](=O)[O-])c2)C=CC1=O. The Morgan fingerprint density at radius 2 is 1.95 bits per heavy atom. The normalized spacial score (nSPS) is 16.9. The number of rotatable bonds is 3. The van der Waals surface area contributed by atoms with Crippen molar-refractivity contribution in [3.05, 3.63) is 58.2 Å². The Morgan fingerprint density at radius 1 is 1.24 bits per heavy atom. The van der Waals surface area contributed by atoms with Crippen LogP contribution in [0.4, 0.5) is 5.69 Å². The van der Waals surface area contributed by atoms with E-state index in [4.69, 9.17) is 0 Å². The number of carbonyl (C=O) groups excluding carboxylic acids is 1. The highest BCUT2D eigenvalue weighted by molar-refractivity contribution is 7.90. The second-order valence-corrected chi connectivity index (χ2v) is 5.87. The van der Waals surface area contributed by atoms with Crippen LogP contribution < -0.4 is 0 Å². The van der Waals surface area contributed by atoms with E-state index >= 15 is 0 Å². The number of sulfonamides is 1. The van der Waals surface area contributed by atoms with Crippen LogP contribution >= 0.6 is 0 Å². The molecular formula is C13H10N2O5S. The van der Waals surface area contributed by atoms with E-state index < -0.39 is 14.9 Å². The predicted octanol–water partition coefficient (Wildman–Crippen LogP) is 1.81. The molecule has 0 fully saturated rings. The lowest BCUT2D eigenvalue weighted by atomic mass is 10.1. The zero-order chi connectivity index (χ0) is 15.6. The molecule has 0 saturated heterocycles. The first-order valence-corrected chi connectivity index (χ1v) is 7.24. The third-order valence-electron chi connectivity index (χ3n) is 2.71. The molecule has 1 aromatic carbocycles. The van der Waals surface area contributed by atoms with Crippen molar-refractivity contribution in [3.8, 4) is 0 Å². The van der Waals surface area contributed by atoms with Crippen LogP contribution in [0.25, 0.3) is 0 Å². The van der Waals surface area contributed by atoms with Crippen LogP contribution in [0.3, 0.4) is 0 Å². The fourth-order valence-corrected chi connectivity index (χ4v) is 2.66. The van der Waals surface area contributed by atoms with Gasteiger partial charge in [-0.05, 0) is 36.8 Å². The maximum absolute atomic E-state index is 12.1. The van der Waals surface area contributed by atoms with Gasteiger partial charge in [-0.1, -0.05) is 6.07 Å². The van der Waals surface area contributed by atoms with E-state index in [0.29, 0.717) is 5.57 Å². The van der Waals surface area contributed by atoms with Gasteiger partial charge < -0.3 is 0 Å². The lowest BCUT2D eigenvalue weighted by Gasteiger charge is -2.04. The molecule has 0 N–H and O–H groups in total. The number of hydrogen-bond donors (Lipinski definition) is 0. The molecule has 0 aliphatic heterocycles. The van der Waals surface area contributed by atoms with Crippen LogP contribution in [0.1, 0.15) is 6.92 Å². The largest absolute Gasteiger partial charge is 0.290 e. The zero-order valence-corrected chi connectivity index (χ0v) is 11.7. The smallest absolute Gasteiger partial charge is 0.283 e. The molecule has 0 amide bonds. The molecule has 8 heteroatoms.